The van der Waals surface area contributed by atoms with Crippen molar-refractivity contribution in [2.24, 2.45) is 10.8 Å². The monoisotopic (exact) mass is 462 g/mol. The molecule has 1 atom stereocenters. The van der Waals surface area contributed by atoms with Crippen LogP contribution >= 0.6 is 11.6 Å². The molecule has 1 aliphatic carbocycles. The number of esters is 3. The molecule has 0 aromatic heterocycles. The lowest BCUT2D eigenvalue weighted by atomic mass is 9.75. The van der Waals surface area contributed by atoms with Gasteiger partial charge in [-0.05, 0) is 68.4 Å². The lowest BCUT2D eigenvalue weighted by Crippen LogP contribution is -2.40. The van der Waals surface area contributed by atoms with Gasteiger partial charge in [-0.2, -0.15) is 0 Å². The molecule has 0 bridgehead atoms. The summed E-state index contributed by atoms with van der Waals surface area (Å²) in [6, 6.07) is 7.04. The van der Waals surface area contributed by atoms with Gasteiger partial charge in [0.2, 0.25) is 0 Å². The van der Waals surface area contributed by atoms with Gasteiger partial charge >= 0.3 is 17.9 Å². The van der Waals surface area contributed by atoms with Crippen molar-refractivity contribution in [3.63, 3.8) is 0 Å². The second-order valence-electron chi connectivity index (χ2n) is 8.33. The number of hydrogen-bond acceptors (Lipinski definition) is 7. The van der Waals surface area contributed by atoms with Crippen LogP contribution in [0.1, 0.15) is 45.6 Å². The number of carbonyl (C=O) groups excluding carboxylic acids is 3. The van der Waals surface area contributed by atoms with E-state index in [9.17, 15) is 14.4 Å². The van der Waals surface area contributed by atoms with Gasteiger partial charge in [-0.25, -0.2) is 4.79 Å². The molecule has 2 aliphatic rings. The van der Waals surface area contributed by atoms with E-state index in [0.717, 1.165) is 5.57 Å². The molecular weight excluding hydrogens is 436 g/mol. The van der Waals surface area contributed by atoms with E-state index in [-0.39, 0.29) is 25.9 Å². The van der Waals surface area contributed by atoms with Crippen molar-refractivity contribution < 1.29 is 33.3 Å². The Balaban J connectivity index is 2.24. The number of benzene rings is 1. The zero-order valence-corrected chi connectivity index (χ0v) is 19.6. The van der Waals surface area contributed by atoms with Gasteiger partial charge < -0.3 is 18.9 Å². The molecule has 0 amide bonds. The molecule has 3 rings (SSSR count). The van der Waals surface area contributed by atoms with Crippen molar-refractivity contribution in [2.45, 2.75) is 40.0 Å². The van der Waals surface area contributed by atoms with Gasteiger partial charge in [0.25, 0.3) is 0 Å². The number of allylic oxidation sites excluding steroid dienone is 2. The van der Waals surface area contributed by atoms with Crippen LogP contribution in [0, 0.1) is 10.8 Å². The maximum atomic E-state index is 12.9. The molecular formula is C24H27ClO7. The van der Waals surface area contributed by atoms with Gasteiger partial charge in [0, 0.05) is 10.6 Å². The standard InChI is InChI=1S/C24H27ClO7/c1-6-31-20(26)17-11-23(3)13-24(21(27)29-4,22(28)30-5)12-18(23)19(32-14(17)2)15-7-9-16(25)10-8-15/h7-10H,6,11-13H2,1-5H3. The SMILES string of the molecule is CCOC(=O)C1=C(C)OC(c2ccc(Cl)cc2)=C2CC(C(=O)OC)(C(=O)OC)CC2(C)C1. The Hall–Kier alpha value is -2.80. The Morgan fingerprint density at radius 1 is 1.06 bits per heavy atom. The van der Waals surface area contributed by atoms with Crippen LogP contribution in [0.5, 0.6) is 0 Å². The number of halogens is 1. The number of rotatable bonds is 5. The fraction of sp³-hybridized carbons (Fsp3) is 0.458. The maximum Gasteiger partial charge on any atom is 0.337 e. The summed E-state index contributed by atoms with van der Waals surface area (Å²) < 4.78 is 21.5. The number of methoxy groups -OCH3 is 2. The highest BCUT2D eigenvalue weighted by molar-refractivity contribution is 6.30. The lowest BCUT2D eigenvalue weighted by molar-refractivity contribution is -0.169. The van der Waals surface area contributed by atoms with Gasteiger partial charge in [0.1, 0.15) is 11.5 Å². The minimum absolute atomic E-state index is 0.0458. The Labute approximate surface area is 192 Å². The fourth-order valence-corrected chi connectivity index (χ4v) is 4.82. The quantitative estimate of drug-likeness (QED) is 0.363. The molecule has 0 saturated heterocycles. The van der Waals surface area contributed by atoms with E-state index >= 15 is 0 Å². The summed E-state index contributed by atoms with van der Waals surface area (Å²) in [5.74, 6) is -0.953. The molecule has 8 heteroatoms. The van der Waals surface area contributed by atoms with Crippen molar-refractivity contribution in [3.8, 4) is 0 Å². The van der Waals surface area contributed by atoms with Gasteiger partial charge in [-0.3, -0.25) is 9.59 Å². The second-order valence-corrected chi connectivity index (χ2v) is 8.76. The first-order valence-electron chi connectivity index (χ1n) is 10.3. The summed E-state index contributed by atoms with van der Waals surface area (Å²) >= 11 is 6.07. The first-order valence-corrected chi connectivity index (χ1v) is 10.7. The van der Waals surface area contributed by atoms with Crippen LogP contribution in [0.4, 0.5) is 0 Å². The van der Waals surface area contributed by atoms with Gasteiger partial charge in [0.05, 0.1) is 26.4 Å². The first kappa shape index (κ1) is 23.9. The predicted octanol–water partition coefficient (Wildman–Crippen LogP) is 4.44. The third-order valence-electron chi connectivity index (χ3n) is 6.20. The molecule has 0 radical (unpaired) electrons. The fourth-order valence-electron chi connectivity index (χ4n) is 4.70. The number of carbonyl (C=O) groups is 3. The summed E-state index contributed by atoms with van der Waals surface area (Å²) in [5.41, 5.74) is -0.502. The van der Waals surface area contributed by atoms with Crippen molar-refractivity contribution in [1.29, 1.82) is 0 Å². The molecule has 172 valence electrons. The molecule has 1 aromatic rings. The third kappa shape index (κ3) is 4.01. The molecule has 0 N–H and O–H groups in total. The molecule has 1 aliphatic heterocycles. The van der Waals surface area contributed by atoms with Crippen LogP contribution in [0.15, 0.2) is 41.2 Å². The predicted molar refractivity (Wildman–Crippen MR) is 117 cm³/mol. The summed E-state index contributed by atoms with van der Waals surface area (Å²) in [7, 11) is 2.48. The van der Waals surface area contributed by atoms with Crippen LogP contribution in [0.25, 0.3) is 5.76 Å². The van der Waals surface area contributed by atoms with E-state index < -0.39 is 28.7 Å². The minimum Gasteiger partial charge on any atom is -0.468 e. The Kier molecular flexibility index (Phi) is 6.69. The number of fused-ring (bicyclic) bond motifs is 1. The Morgan fingerprint density at radius 3 is 2.19 bits per heavy atom. The molecule has 32 heavy (non-hydrogen) atoms. The highest BCUT2D eigenvalue weighted by atomic mass is 35.5. The van der Waals surface area contributed by atoms with E-state index in [1.165, 1.54) is 14.2 Å². The van der Waals surface area contributed by atoms with Crippen molar-refractivity contribution in [2.75, 3.05) is 20.8 Å². The Morgan fingerprint density at radius 2 is 1.66 bits per heavy atom. The summed E-state index contributed by atoms with van der Waals surface area (Å²) in [6.45, 7) is 5.56. The number of hydrogen-bond donors (Lipinski definition) is 0. The van der Waals surface area contributed by atoms with Gasteiger partial charge in [-0.1, -0.05) is 18.5 Å². The summed E-state index contributed by atoms with van der Waals surface area (Å²) in [5, 5.41) is 0.556. The molecule has 7 nitrogen and oxygen atoms in total. The maximum absolute atomic E-state index is 12.9. The van der Waals surface area contributed by atoms with Crippen molar-refractivity contribution >= 4 is 35.3 Å². The normalized spacial score (nSPS) is 21.9. The van der Waals surface area contributed by atoms with Crippen molar-refractivity contribution in [1.82, 2.24) is 0 Å². The summed E-state index contributed by atoms with van der Waals surface area (Å²) in [6.07, 6.45) is 0.384. The lowest BCUT2D eigenvalue weighted by Gasteiger charge is -2.28. The van der Waals surface area contributed by atoms with Crippen LogP contribution in [0.2, 0.25) is 5.02 Å². The van der Waals surface area contributed by atoms with E-state index in [2.05, 4.69) is 0 Å². The number of ether oxygens (including phenoxy) is 4. The Bertz CT molecular complexity index is 990. The van der Waals surface area contributed by atoms with Crippen LogP contribution < -0.4 is 0 Å². The smallest absolute Gasteiger partial charge is 0.337 e. The largest absolute Gasteiger partial charge is 0.468 e. The third-order valence-corrected chi connectivity index (χ3v) is 6.45. The van der Waals surface area contributed by atoms with Crippen molar-refractivity contribution in [3.05, 3.63) is 51.8 Å². The molecule has 1 saturated carbocycles. The highest BCUT2D eigenvalue weighted by Crippen LogP contribution is 2.60. The van der Waals surface area contributed by atoms with Gasteiger partial charge in [0.15, 0.2) is 5.41 Å². The van der Waals surface area contributed by atoms with Crippen LogP contribution in [0.3, 0.4) is 0 Å². The topological polar surface area (TPSA) is 88.1 Å². The zero-order valence-electron chi connectivity index (χ0n) is 18.9. The second kappa shape index (κ2) is 8.98. The van der Waals surface area contributed by atoms with Crippen LogP contribution in [-0.2, 0) is 33.3 Å². The van der Waals surface area contributed by atoms with E-state index in [1.54, 1.807) is 38.1 Å². The molecule has 1 aromatic carbocycles. The average Bonchev–Trinajstić information content (AvgIpc) is 3.04. The first-order chi connectivity index (χ1) is 15.1. The van der Waals surface area contributed by atoms with E-state index in [1.807, 2.05) is 6.92 Å². The zero-order chi connectivity index (χ0) is 23.7. The summed E-state index contributed by atoms with van der Waals surface area (Å²) in [4.78, 5) is 38.5. The van der Waals surface area contributed by atoms with E-state index in [0.29, 0.717) is 27.7 Å². The average molecular weight is 463 g/mol. The molecule has 1 fully saturated rings. The van der Waals surface area contributed by atoms with Gasteiger partial charge in [-0.15, -0.1) is 0 Å². The highest BCUT2D eigenvalue weighted by Gasteiger charge is 2.61. The van der Waals surface area contributed by atoms with Crippen LogP contribution in [-0.4, -0.2) is 38.7 Å². The molecule has 1 unspecified atom stereocenters. The molecule has 1 heterocycles. The minimum atomic E-state index is -1.54. The van der Waals surface area contributed by atoms with E-state index in [4.69, 9.17) is 30.5 Å². The molecule has 0 spiro atoms.